The van der Waals surface area contributed by atoms with Crippen molar-refractivity contribution in [2.24, 2.45) is 4.99 Å². The number of hydrogen-bond donors (Lipinski definition) is 2. The second-order valence-corrected chi connectivity index (χ2v) is 11.1. The highest BCUT2D eigenvalue weighted by Gasteiger charge is 2.34. The van der Waals surface area contributed by atoms with Gasteiger partial charge in [0.05, 0.1) is 10.5 Å². The predicted molar refractivity (Wildman–Crippen MR) is 160 cm³/mol. The molecular weight excluding hydrogens is 577 g/mol. The first-order valence-corrected chi connectivity index (χ1v) is 14.7. The SMILES string of the molecule is CC(=O)c1cn(CC(=O)N2CCC[C@H]2C(=O)NCc2cccc(Cl)c2F)c2cc(OC(=O)NCCC3=NCCC3)ccc12. The van der Waals surface area contributed by atoms with Gasteiger partial charge in [0.2, 0.25) is 11.8 Å². The lowest BCUT2D eigenvalue weighted by Crippen LogP contribution is -2.46. The molecule has 0 unspecified atom stereocenters. The van der Waals surface area contributed by atoms with Gasteiger partial charge in [-0.25, -0.2) is 9.18 Å². The smallest absolute Gasteiger partial charge is 0.410 e. The standard InChI is InChI=1S/C31H33ClFN5O5/c1-19(39)24-17-37(27-15-22(9-10-23(24)27)43-31(42)35-13-11-21-6-3-12-34-21)18-28(40)38-14-4-8-26(38)30(41)36-16-20-5-2-7-25(32)29(20)33/h2,5,7,9-10,15,17,26H,3-4,6,8,11-14,16,18H2,1H3,(H,35,42)(H,36,41)/t26-/m0/s1. The van der Waals surface area contributed by atoms with Crippen molar-refractivity contribution in [3.63, 3.8) is 0 Å². The summed E-state index contributed by atoms with van der Waals surface area (Å²) in [6.07, 6.45) is 4.77. The second-order valence-electron chi connectivity index (χ2n) is 10.7. The molecule has 5 rings (SSSR count). The van der Waals surface area contributed by atoms with E-state index in [0.717, 1.165) is 25.1 Å². The maximum Gasteiger partial charge on any atom is 0.412 e. The summed E-state index contributed by atoms with van der Waals surface area (Å²) in [5.41, 5.74) is 2.31. The van der Waals surface area contributed by atoms with Crippen molar-refractivity contribution in [2.45, 2.75) is 58.2 Å². The van der Waals surface area contributed by atoms with Gasteiger partial charge >= 0.3 is 6.09 Å². The molecule has 0 saturated carbocycles. The third-order valence-electron chi connectivity index (χ3n) is 7.75. The van der Waals surface area contributed by atoms with E-state index in [1.165, 1.54) is 24.0 Å². The number of aromatic nitrogens is 1. The van der Waals surface area contributed by atoms with Crippen LogP contribution in [-0.2, 0) is 22.7 Å². The molecule has 2 aromatic carbocycles. The van der Waals surface area contributed by atoms with Crippen LogP contribution < -0.4 is 15.4 Å². The number of fused-ring (bicyclic) bond motifs is 1. The zero-order valence-electron chi connectivity index (χ0n) is 23.8. The molecule has 1 fully saturated rings. The van der Waals surface area contributed by atoms with Crippen LogP contribution in [0.5, 0.6) is 5.75 Å². The first-order chi connectivity index (χ1) is 20.7. The molecule has 3 amide bonds. The van der Waals surface area contributed by atoms with Gasteiger partial charge in [-0.1, -0.05) is 23.7 Å². The van der Waals surface area contributed by atoms with Crippen LogP contribution in [0, 0.1) is 5.82 Å². The maximum atomic E-state index is 14.3. The van der Waals surface area contributed by atoms with E-state index in [9.17, 15) is 23.6 Å². The minimum atomic E-state index is -0.707. The van der Waals surface area contributed by atoms with Crippen LogP contribution in [0.2, 0.25) is 5.02 Å². The molecule has 10 nitrogen and oxygen atoms in total. The summed E-state index contributed by atoms with van der Waals surface area (Å²) in [6, 6.07) is 8.76. The minimum Gasteiger partial charge on any atom is -0.410 e. The zero-order valence-corrected chi connectivity index (χ0v) is 24.6. The number of nitrogens with one attached hydrogen (secondary N) is 2. The molecule has 1 aromatic heterocycles. The summed E-state index contributed by atoms with van der Waals surface area (Å²) < 4.78 is 21.4. The molecule has 2 N–H and O–H groups in total. The molecule has 0 radical (unpaired) electrons. The van der Waals surface area contributed by atoms with Crippen molar-refractivity contribution in [3.05, 3.63) is 64.6 Å². The highest BCUT2D eigenvalue weighted by molar-refractivity contribution is 6.30. The topological polar surface area (TPSA) is 122 Å². The molecule has 3 aromatic rings. The Kier molecular flexibility index (Phi) is 9.40. The average molecular weight is 610 g/mol. The summed E-state index contributed by atoms with van der Waals surface area (Å²) in [5, 5.41) is 6.03. The van der Waals surface area contributed by atoms with Gasteiger partial charge in [0.25, 0.3) is 0 Å². The van der Waals surface area contributed by atoms with Gasteiger partial charge in [-0.3, -0.25) is 19.4 Å². The number of hydrogen-bond acceptors (Lipinski definition) is 6. The normalized spacial score (nSPS) is 16.3. The van der Waals surface area contributed by atoms with E-state index in [4.69, 9.17) is 16.3 Å². The number of Topliss-reactive ketones (excluding diaryl/α,β-unsaturated/α-hetero) is 1. The van der Waals surface area contributed by atoms with E-state index in [1.807, 2.05) is 0 Å². The Morgan fingerprint density at radius 1 is 1.14 bits per heavy atom. The van der Waals surface area contributed by atoms with E-state index < -0.39 is 18.0 Å². The Morgan fingerprint density at radius 2 is 1.98 bits per heavy atom. The number of carbonyl (C=O) groups is 4. The third kappa shape index (κ3) is 7.05. The minimum absolute atomic E-state index is 0.0303. The van der Waals surface area contributed by atoms with Crippen LogP contribution in [0.15, 0.2) is 47.6 Å². The van der Waals surface area contributed by atoms with Crippen molar-refractivity contribution in [2.75, 3.05) is 19.6 Å². The molecule has 1 saturated heterocycles. The van der Waals surface area contributed by atoms with Gasteiger partial charge in [-0.2, -0.15) is 0 Å². The number of aliphatic imine (C=N–C) groups is 1. The summed E-state index contributed by atoms with van der Waals surface area (Å²) >= 11 is 5.84. The predicted octanol–water partition coefficient (Wildman–Crippen LogP) is 4.66. The quantitative estimate of drug-likeness (QED) is 0.324. The van der Waals surface area contributed by atoms with Crippen LogP contribution in [0.3, 0.4) is 0 Å². The van der Waals surface area contributed by atoms with Crippen molar-refractivity contribution in [1.29, 1.82) is 0 Å². The van der Waals surface area contributed by atoms with E-state index >= 15 is 0 Å². The van der Waals surface area contributed by atoms with Crippen molar-refractivity contribution < 1.29 is 28.3 Å². The molecular formula is C31H33ClFN5O5. The first kappa shape index (κ1) is 30.2. The Morgan fingerprint density at radius 3 is 2.74 bits per heavy atom. The van der Waals surface area contributed by atoms with Gasteiger partial charge in [0, 0.05) is 67.1 Å². The lowest BCUT2D eigenvalue weighted by Gasteiger charge is -2.24. The van der Waals surface area contributed by atoms with Crippen molar-refractivity contribution in [1.82, 2.24) is 20.1 Å². The summed E-state index contributed by atoms with van der Waals surface area (Å²) in [7, 11) is 0. The number of rotatable bonds is 10. The number of ketones is 1. The number of amides is 3. The Hall–Kier alpha value is -4.25. The first-order valence-electron chi connectivity index (χ1n) is 14.3. The summed E-state index contributed by atoms with van der Waals surface area (Å²) in [6.45, 7) is 2.89. The Bertz CT molecular complexity index is 1600. The number of nitrogens with zero attached hydrogens (tertiary/aromatic N) is 3. The van der Waals surface area contributed by atoms with Crippen LogP contribution in [0.1, 0.15) is 54.9 Å². The molecule has 0 bridgehead atoms. The van der Waals surface area contributed by atoms with Crippen molar-refractivity contribution in [3.8, 4) is 5.75 Å². The summed E-state index contributed by atoms with van der Waals surface area (Å²) in [5.74, 6) is -1.20. The number of ether oxygens (including phenoxy) is 1. The largest absolute Gasteiger partial charge is 0.412 e. The average Bonchev–Trinajstić information content (AvgIpc) is 3.74. The monoisotopic (exact) mass is 609 g/mol. The fourth-order valence-corrected chi connectivity index (χ4v) is 5.76. The van der Waals surface area contributed by atoms with Gasteiger partial charge in [0.15, 0.2) is 5.78 Å². The van der Waals surface area contributed by atoms with Crippen molar-refractivity contribution >= 4 is 51.9 Å². The highest BCUT2D eigenvalue weighted by atomic mass is 35.5. The van der Waals surface area contributed by atoms with E-state index in [1.54, 1.807) is 35.0 Å². The molecule has 2 aliphatic rings. The number of carbonyl (C=O) groups excluding carboxylic acids is 4. The number of likely N-dealkylation sites (tertiary alicyclic amines) is 1. The highest BCUT2D eigenvalue weighted by Crippen LogP contribution is 2.28. The maximum absolute atomic E-state index is 14.3. The van der Waals surface area contributed by atoms with Crippen LogP contribution in [0.25, 0.3) is 10.9 Å². The van der Waals surface area contributed by atoms with E-state index in [2.05, 4.69) is 15.6 Å². The molecule has 0 aliphatic carbocycles. The molecule has 0 spiro atoms. The molecule has 3 heterocycles. The molecule has 43 heavy (non-hydrogen) atoms. The lowest BCUT2D eigenvalue weighted by atomic mass is 10.1. The van der Waals surface area contributed by atoms with Gasteiger partial charge < -0.3 is 24.8 Å². The van der Waals surface area contributed by atoms with E-state index in [0.29, 0.717) is 48.8 Å². The summed E-state index contributed by atoms with van der Waals surface area (Å²) in [4.78, 5) is 57.2. The fourth-order valence-electron chi connectivity index (χ4n) is 5.56. The van der Waals surface area contributed by atoms with Gasteiger partial charge in [-0.15, -0.1) is 0 Å². The molecule has 12 heteroatoms. The van der Waals surface area contributed by atoms with Gasteiger partial charge in [-0.05, 0) is 50.8 Å². The van der Waals surface area contributed by atoms with Crippen LogP contribution >= 0.6 is 11.6 Å². The number of benzene rings is 2. The van der Waals surface area contributed by atoms with Gasteiger partial charge in [0.1, 0.15) is 24.2 Å². The lowest BCUT2D eigenvalue weighted by molar-refractivity contribution is -0.138. The third-order valence-corrected chi connectivity index (χ3v) is 8.04. The van der Waals surface area contributed by atoms with Crippen LogP contribution in [0.4, 0.5) is 9.18 Å². The zero-order chi connectivity index (χ0) is 30.5. The Labute approximate surface area is 253 Å². The van der Waals surface area contributed by atoms with Crippen LogP contribution in [-0.4, -0.2) is 64.5 Å². The Balaban J connectivity index is 1.26. The fraction of sp³-hybridized carbons (Fsp3) is 0.387. The van der Waals surface area contributed by atoms with E-state index in [-0.39, 0.29) is 47.0 Å². The second kappa shape index (κ2) is 13.4. The molecule has 226 valence electrons. The molecule has 1 atom stereocenters. The molecule has 2 aliphatic heterocycles. The number of halogens is 2.